The average molecular weight is 396 g/mol. The topological polar surface area (TPSA) is 48.4 Å². The average Bonchev–Trinajstić information content (AvgIpc) is 2.34. The van der Waals surface area contributed by atoms with Crippen molar-refractivity contribution in [1.29, 1.82) is 0 Å². The lowest BCUT2D eigenvalue weighted by atomic mass is 10.1. The van der Waals surface area contributed by atoms with E-state index in [9.17, 15) is 31.1 Å². The zero-order valence-electron chi connectivity index (χ0n) is 10.8. The fourth-order valence-electron chi connectivity index (χ4n) is 1.50. The summed E-state index contributed by atoms with van der Waals surface area (Å²) in [5.74, 6) is -3.08. The van der Waals surface area contributed by atoms with Gasteiger partial charge in [-0.25, -0.2) is 4.79 Å². The zero-order valence-corrected chi connectivity index (χ0v) is 12.4. The van der Waals surface area contributed by atoms with E-state index in [1.807, 2.05) is 0 Å². The van der Waals surface area contributed by atoms with Crippen molar-refractivity contribution in [2.45, 2.75) is 24.8 Å². The summed E-state index contributed by atoms with van der Waals surface area (Å²) in [6.45, 7) is 1.10. The fraction of sp³-hybridized carbons (Fsp3) is 0.455. The molecule has 0 aliphatic heterocycles. The molecule has 11 heteroatoms. The molecule has 0 unspecified atom stereocenters. The summed E-state index contributed by atoms with van der Waals surface area (Å²) in [6.07, 6.45) is -10.1. The van der Waals surface area contributed by atoms with Crippen LogP contribution in [0.3, 0.4) is 0 Å². The van der Waals surface area contributed by atoms with E-state index < -0.39 is 46.4 Å². The van der Waals surface area contributed by atoms with Gasteiger partial charge in [0, 0.05) is 11.5 Å². The molecule has 1 aromatic heterocycles. The Bertz CT molecular complexity index is 558. The van der Waals surface area contributed by atoms with Crippen molar-refractivity contribution in [3.05, 3.63) is 23.0 Å². The summed E-state index contributed by atoms with van der Waals surface area (Å²) in [5, 5.41) is -0.487. The van der Waals surface area contributed by atoms with Gasteiger partial charge < -0.3 is 9.47 Å². The van der Waals surface area contributed by atoms with Crippen LogP contribution in [0.25, 0.3) is 0 Å². The van der Waals surface area contributed by atoms with Gasteiger partial charge in [-0.15, -0.1) is 13.2 Å². The number of nitrogens with zero attached hydrogens (tertiary/aromatic N) is 1. The van der Waals surface area contributed by atoms with Crippen LogP contribution in [-0.4, -0.2) is 23.9 Å². The van der Waals surface area contributed by atoms with Gasteiger partial charge in [-0.3, -0.25) is 4.98 Å². The number of esters is 1. The molecule has 0 N–H and O–H groups in total. The normalized spacial score (nSPS) is 12.2. The number of pyridine rings is 1. The first-order valence-electron chi connectivity index (χ1n) is 5.59. The van der Waals surface area contributed by atoms with Crippen LogP contribution in [0.1, 0.15) is 28.5 Å². The molecule has 1 aromatic rings. The van der Waals surface area contributed by atoms with Crippen LogP contribution in [0.5, 0.6) is 5.75 Å². The van der Waals surface area contributed by atoms with E-state index in [1.54, 1.807) is 0 Å². The van der Waals surface area contributed by atoms with Crippen LogP contribution in [-0.2, 0) is 16.2 Å². The molecule has 0 spiro atoms. The number of rotatable bonds is 4. The third kappa shape index (κ3) is 4.49. The minimum absolute atomic E-state index is 0.244. The molecule has 0 radical (unpaired) electrons. The van der Waals surface area contributed by atoms with E-state index in [1.165, 1.54) is 6.92 Å². The second-order valence-electron chi connectivity index (χ2n) is 3.72. The van der Waals surface area contributed by atoms with Crippen molar-refractivity contribution in [2.24, 2.45) is 0 Å². The molecule has 0 atom stereocenters. The van der Waals surface area contributed by atoms with E-state index in [-0.39, 0.29) is 6.61 Å². The van der Waals surface area contributed by atoms with Gasteiger partial charge in [0.1, 0.15) is 11.1 Å². The van der Waals surface area contributed by atoms with Crippen molar-refractivity contribution in [1.82, 2.24) is 4.98 Å². The zero-order chi connectivity index (χ0) is 17.1. The minimum atomic E-state index is -5.42. The minimum Gasteiger partial charge on any atom is -0.462 e. The maximum atomic E-state index is 13.0. The number of aromatic nitrogens is 1. The summed E-state index contributed by atoms with van der Waals surface area (Å²) < 4.78 is 84.2. The standard InChI is InChI=1S/C11H8BrF6NO3/c1-2-21-9(20)5-4-19-6(3-12)7(10(13,14)15)8(5)22-11(16,17)18/h4H,2-3H2,1H3. The number of hydrogen-bond donors (Lipinski definition) is 0. The first kappa shape index (κ1) is 18.5. The monoisotopic (exact) mass is 395 g/mol. The summed E-state index contributed by atoms with van der Waals surface area (Å²) >= 11 is 2.69. The molecule has 0 saturated carbocycles. The Morgan fingerprint density at radius 2 is 1.86 bits per heavy atom. The fourth-order valence-corrected chi connectivity index (χ4v) is 1.93. The Morgan fingerprint density at radius 1 is 1.27 bits per heavy atom. The van der Waals surface area contributed by atoms with Gasteiger partial charge >= 0.3 is 18.5 Å². The predicted molar refractivity (Wildman–Crippen MR) is 64.5 cm³/mol. The molecule has 4 nitrogen and oxygen atoms in total. The van der Waals surface area contributed by atoms with Crippen molar-refractivity contribution in [3.63, 3.8) is 0 Å². The molecule has 0 saturated heterocycles. The molecule has 0 aromatic carbocycles. The summed E-state index contributed by atoms with van der Waals surface area (Å²) in [7, 11) is 0. The molecule has 124 valence electrons. The van der Waals surface area contributed by atoms with Crippen LogP contribution in [0.15, 0.2) is 6.20 Å². The number of halogens is 7. The van der Waals surface area contributed by atoms with Gasteiger partial charge in [-0.2, -0.15) is 13.2 Å². The summed E-state index contributed by atoms with van der Waals surface area (Å²) in [5.41, 5.74) is -3.59. The molecule has 0 aliphatic carbocycles. The van der Waals surface area contributed by atoms with E-state index in [4.69, 9.17) is 0 Å². The third-order valence-electron chi connectivity index (χ3n) is 2.23. The molecular weight excluding hydrogens is 388 g/mol. The van der Waals surface area contributed by atoms with Crippen molar-refractivity contribution in [3.8, 4) is 5.75 Å². The highest BCUT2D eigenvalue weighted by molar-refractivity contribution is 9.08. The number of ether oxygens (including phenoxy) is 2. The Labute approximate surface area is 128 Å². The smallest absolute Gasteiger partial charge is 0.462 e. The summed E-state index contributed by atoms with van der Waals surface area (Å²) in [4.78, 5) is 14.9. The lowest BCUT2D eigenvalue weighted by molar-refractivity contribution is -0.276. The van der Waals surface area contributed by atoms with Gasteiger partial charge in [0.05, 0.1) is 12.3 Å². The summed E-state index contributed by atoms with van der Waals surface area (Å²) in [6, 6.07) is 0. The molecular formula is C11H8BrF6NO3. The first-order chi connectivity index (χ1) is 10.0. The molecule has 0 aliphatic rings. The molecule has 0 amide bonds. The van der Waals surface area contributed by atoms with Crippen molar-refractivity contribution < 1.29 is 40.6 Å². The first-order valence-corrected chi connectivity index (χ1v) is 6.71. The van der Waals surface area contributed by atoms with Crippen LogP contribution < -0.4 is 4.74 Å². The highest BCUT2D eigenvalue weighted by Gasteiger charge is 2.44. The number of alkyl halides is 7. The van der Waals surface area contributed by atoms with Gasteiger partial charge in [-0.05, 0) is 6.92 Å². The van der Waals surface area contributed by atoms with E-state index in [0.717, 1.165) is 0 Å². The SMILES string of the molecule is CCOC(=O)c1cnc(CBr)c(C(F)(F)F)c1OC(F)(F)F. The van der Waals surface area contributed by atoms with E-state index in [2.05, 4.69) is 30.4 Å². The van der Waals surface area contributed by atoms with Crippen LogP contribution in [0.2, 0.25) is 0 Å². The second-order valence-corrected chi connectivity index (χ2v) is 4.28. The Kier molecular flexibility index (Phi) is 5.65. The molecule has 0 bridgehead atoms. The number of hydrogen-bond acceptors (Lipinski definition) is 4. The van der Waals surface area contributed by atoms with E-state index >= 15 is 0 Å². The maximum absolute atomic E-state index is 13.0. The molecule has 22 heavy (non-hydrogen) atoms. The lowest BCUT2D eigenvalue weighted by Crippen LogP contribution is -2.24. The van der Waals surface area contributed by atoms with E-state index in [0.29, 0.717) is 6.20 Å². The van der Waals surface area contributed by atoms with Gasteiger partial charge in [0.2, 0.25) is 0 Å². The van der Waals surface area contributed by atoms with Gasteiger partial charge in [-0.1, -0.05) is 15.9 Å². The lowest BCUT2D eigenvalue weighted by Gasteiger charge is -2.19. The molecule has 1 heterocycles. The van der Waals surface area contributed by atoms with Gasteiger partial charge in [0.15, 0.2) is 5.75 Å². The second kappa shape index (κ2) is 6.71. The molecule has 1 rings (SSSR count). The van der Waals surface area contributed by atoms with Crippen molar-refractivity contribution >= 4 is 21.9 Å². The largest absolute Gasteiger partial charge is 0.573 e. The number of carbonyl (C=O) groups excluding carboxylic acids is 1. The third-order valence-corrected chi connectivity index (χ3v) is 2.76. The maximum Gasteiger partial charge on any atom is 0.573 e. The van der Waals surface area contributed by atoms with Crippen LogP contribution >= 0.6 is 15.9 Å². The Hall–Kier alpha value is -1.52. The Balaban J connectivity index is 3.62. The highest BCUT2D eigenvalue weighted by Crippen LogP contribution is 2.42. The van der Waals surface area contributed by atoms with Crippen LogP contribution in [0, 0.1) is 0 Å². The predicted octanol–water partition coefficient (Wildman–Crippen LogP) is 4.07. The van der Waals surface area contributed by atoms with Crippen molar-refractivity contribution in [2.75, 3.05) is 6.61 Å². The van der Waals surface area contributed by atoms with Crippen LogP contribution in [0.4, 0.5) is 26.3 Å². The number of carbonyl (C=O) groups is 1. The Morgan fingerprint density at radius 3 is 2.27 bits per heavy atom. The molecule has 0 fully saturated rings. The highest BCUT2D eigenvalue weighted by atomic mass is 79.9. The van der Waals surface area contributed by atoms with Gasteiger partial charge in [0.25, 0.3) is 0 Å². The quantitative estimate of drug-likeness (QED) is 0.438.